The van der Waals surface area contributed by atoms with Crippen LogP contribution in [0, 0.1) is 5.92 Å². The minimum absolute atomic E-state index is 0.775. The van der Waals surface area contributed by atoms with Crippen LogP contribution < -0.4 is 10.2 Å². The van der Waals surface area contributed by atoms with Crippen molar-refractivity contribution in [2.45, 2.75) is 33.1 Å². The number of nitrogens with zero attached hydrogens (tertiary/aromatic N) is 3. The lowest BCUT2D eigenvalue weighted by atomic mass is 10.1. The van der Waals surface area contributed by atoms with Gasteiger partial charge in [-0.15, -0.1) is 0 Å². The second kappa shape index (κ2) is 5.34. The van der Waals surface area contributed by atoms with E-state index in [2.05, 4.69) is 34.0 Å². The zero-order valence-corrected chi connectivity index (χ0v) is 11.0. The lowest BCUT2D eigenvalue weighted by molar-refractivity contribution is 0.658. The van der Waals surface area contributed by atoms with Crippen molar-refractivity contribution in [3.63, 3.8) is 0 Å². The van der Waals surface area contributed by atoms with Crippen LogP contribution in [0.2, 0.25) is 0 Å². The number of hydrogen-bond acceptors (Lipinski definition) is 4. The first kappa shape index (κ1) is 12.1. The fourth-order valence-electron chi connectivity index (χ4n) is 2.50. The van der Waals surface area contributed by atoms with Crippen LogP contribution in [0.15, 0.2) is 6.33 Å². The molecule has 1 N–H and O–H groups in total. The van der Waals surface area contributed by atoms with Gasteiger partial charge in [0.05, 0.1) is 0 Å². The first-order valence-corrected chi connectivity index (χ1v) is 6.52. The SMILES string of the molecule is CCCc1c(NC)ncnc1N1CCC(C)C1. The van der Waals surface area contributed by atoms with Crippen LogP contribution in [0.25, 0.3) is 0 Å². The standard InChI is InChI=1S/C13H22N4/c1-4-5-11-12(14-3)15-9-16-13(11)17-7-6-10(2)8-17/h9-10H,4-8H2,1-3H3,(H,14,15,16). The highest BCUT2D eigenvalue weighted by molar-refractivity contribution is 5.59. The van der Waals surface area contributed by atoms with Gasteiger partial charge in [-0.1, -0.05) is 20.3 Å². The van der Waals surface area contributed by atoms with Crippen LogP contribution >= 0.6 is 0 Å². The number of anilines is 2. The Balaban J connectivity index is 2.31. The van der Waals surface area contributed by atoms with Crippen LogP contribution in [-0.2, 0) is 6.42 Å². The molecule has 0 aromatic carbocycles. The summed E-state index contributed by atoms with van der Waals surface area (Å²) < 4.78 is 0. The van der Waals surface area contributed by atoms with Crippen LogP contribution in [0.1, 0.15) is 32.3 Å². The minimum Gasteiger partial charge on any atom is -0.373 e. The minimum atomic E-state index is 0.775. The maximum atomic E-state index is 4.50. The Morgan fingerprint density at radius 3 is 2.88 bits per heavy atom. The molecule has 17 heavy (non-hydrogen) atoms. The third kappa shape index (κ3) is 2.51. The normalized spacial score (nSPS) is 19.7. The molecule has 2 heterocycles. The van der Waals surface area contributed by atoms with Gasteiger partial charge >= 0.3 is 0 Å². The van der Waals surface area contributed by atoms with Gasteiger partial charge in [0.2, 0.25) is 0 Å². The van der Waals surface area contributed by atoms with Crippen molar-refractivity contribution in [3.8, 4) is 0 Å². The first-order valence-electron chi connectivity index (χ1n) is 6.52. The quantitative estimate of drug-likeness (QED) is 0.868. The van der Waals surface area contributed by atoms with Crippen LogP contribution in [-0.4, -0.2) is 30.1 Å². The van der Waals surface area contributed by atoms with E-state index in [0.717, 1.165) is 43.5 Å². The van der Waals surface area contributed by atoms with Crippen molar-refractivity contribution >= 4 is 11.6 Å². The van der Waals surface area contributed by atoms with Crippen molar-refractivity contribution in [1.29, 1.82) is 0 Å². The van der Waals surface area contributed by atoms with E-state index in [1.807, 2.05) is 7.05 Å². The smallest absolute Gasteiger partial charge is 0.137 e. The fraction of sp³-hybridized carbons (Fsp3) is 0.692. The third-order valence-corrected chi connectivity index (χ3v) is 3.38. The van der Waals surface area contributed by atoms with Crippen molar-refractivity contribution < 1.29 is 0 Å². The van der Waals surface area contributed by atoms with Gasteiger partial charge in [-0.25, -0.2) is 9.97 Å². The molecule has 1 atom stereocenters. The van der Waals surface area contributed by atoms with E-state index in [9.17, 15) is 0 Å². The van der Waals surface area contributed by atoms with Gasteiger partial charge in [-0.2, -0.15) is 0 Å². The van der Waals surface area contributed by atoms with Crippen molar-refractivity contribution in [3.05, 3.63) is 11.9 Å². The molecule has 1 saturated heterocycles. The van der Waals surface area contributed by atoms with Crippen LogP contribution in [0.5, 0.6) is 0 Å². The lowest BCUT2D eigenvalue weighted by Crippen LogP contribution is -2.22. The molecular weight excluding hydrogens is 212 g/mol. The Kier molecular flexibility index (Phi) is 3.82. The third-order valence-electron chi connectivity index (χ3n) is 3.38. The Morgan fingerprint density at radius 2 is 2.29 bits per heavy atom. The summed E-state index contributed by atoms with van der Waals surface area (Å²) in [6.07, 6.45) is 5.10. The monoisotopic (exact) mass is 234 g/mol. The second-order valence-electron chi connectivity index (χ2n) is 4.86. The van der Waals surface area contributed by atoms with Crippen molar-refractivity contribution in [2.75, 3.05) is 30.4 Å². The molecule has 94 valence electrons. The molecule has 4 heteroatoms. The molecule has 1 aromatic rings. The summed E-state index contributed by atoms with van der Waals surface area (Å²) in [5, 5.41) is 3.18. The largest absolute Gasteiger partial charge is 0.373 e. The van der Waals surface area contributed by atoms with Gasteiger partial charge in [0.15, 0.2) is 0 Å². The number of aromatic nitrogens is 2. The zero-order valence-electron chi connectivity index (χ0n) is 11.0. The molecule has 1 unspecified atom stereocenters. The predicted octanol–water partition coefficient (Wildman–Crippen LogP) is 2.32. The van der Waals surface area contributed by atoms with E-state index in [1.165, 1.54) is 12.0 Å². The average Bonchev–Trinajstić information content (AvgIpc) is 2.76. The summed E-state index contributed by atoms with van der Waals surface area (Å²) in [5.41, 5.74) is 1.27. The van der Waals surface area contributed by atoms with E-state index in [-0.39, 0.29) is 0 Å². The Morgan fingerprint density at radius 1 is 1.47 bits per heavy atom. The number of nitrogens with one attached hydrogen (secondary N) is 1. The molecule has 1 aromatic heterocycles. The second-order valence-corrected chi connectivity index (χ2v) is 4.86. The summed E-state index contributed by atoms with van der Waals surface area (Å²) in [6.45, 7) is 6.75. The molecule has 4 nitrogen and oxygen atoms in total. The van der Waals surface area contributed by atoms with Crippen molar-refractivity contribution in [1.82, 2.24) is 9.97 Å². The molecule has 0 aliphatic carbocycles. The Bertz CT molecular complexity index is 378. The van der Waals surface area contributed by atoms with E-state index in [4.69, 9.17) is 0 Å². The molecule has 0 radical (unpaired) electrons. The van der Waals surface area contributed by atoms with E-state index < -0.39 is 0 Å². The van der Waals surface area contributed by atoms with Crippen LogP contribution in [0.3, 0.4) is 0 Å². The average molecular weight is 234 g/mol. The number of rotatable bonds is 4. The summed E-state index contributed by atoms with van der Waals surface area (Å²) in [5.74, 6) is 2.89. The predicted molar refractivity (Wildman–Crippen MR) is 71.6 cm³/mol. The topological polar surface area (TPSA) is 41.1 Å². The highest BCUT2D eigenvalue weighted by atomic mass is 15.2. The van der Waals surface area contributed by atoms with Gasteiger partial charge in [-0.05, 0) is 18.8 Å². The molecule has 0 bridgehead atoms. The molecule has 1 aliphatic heterocycles. The molecule has 1 fully saturated rings. The molecule has 0 spiro atoms. The highest BCUT2D eigenvalue weighted by Crippen LogP contribution is 2.28. The molecule has 1 aliphatic rings. The highest BCUT2D eigenvalue weighted by Gasteiger charge is 2.23. The molecular formula is C13H22N4. The number of hydrogen-bond donors (Lipinski definition) is 1. The van der Waals surface area contributed by atoms with Gasteiger partial charge in [-0.3, -0.25) is 0 Å². The molecule has 2 rings (SSSR count). The van der Waals surface area contributed by atoms with Gasteiger partial charge < -0.3 is 10.2 Å². The van der Waals surface area contributed by atoms with E-state index in [0.29, 0.717) is 0 Å². The van der Waals surface area contributed by atoms with Gasteiger partial charge in [0.25, 0.3) is 0 Å². The van der Waals surface area contributed by atoms with Crippen molar-refractivity contribution in [2.24, 2.45) is 5.92 Å². The fourth-order valence-corrected chi connectivity index (χ4v) is 2.50. The summed E-state index contributed by atoms with van der Waals surface area (Å²) >= 11 is 0. The molecule has 0 saturated carbocycles. The summed E-state index contributed by atoms with van der Waals surface area (Å²) in [6, 6.07) is 0. The summed E-state index contributed by atoms with van der Waals surface area (Å²) in [4.78, 5) is 11.2. The van der Waals surface area contributed by atoms with E-state index in [1.54, 1.807) is 6.33 Å². The summed E-state index contributed by atoms with van der Waals surface area (Å²) in [7, 11) is 1.93. The zero-order chi connectivity index (χ0) is 12.3. The molecule has 0 amide bonds. The lowest BCUT2D eigenvalue weighted by Gasteiger charge is -2.21. The maximum Gasteiger partial charge on any atom is 0.137 e. The Labute approximate surface area is 103 Å². The Hall–Kier alpha value is -1.32. The van der Waals surface area contributed by atoms with Gasteiger partial charge in [0.1, 0.15) is 18.0 Å². The maximum absolute atomic E-state index is 4.50. The van der Waals surface area contributed by atoms with E-state index >= 15 is 0 Å². The van der Waals surface area contributed by atoms with Gasteiger partial charge in [0, 0.05) is 25.7 Å². The van der Waals surface area contributed by atoms with Crippen LogP contribution in [0.4, 0.5) is 11.6 Å². The first-order chi connectivity index (χ1) is 8.26.